The Balaban J connectivity index is 2.25. The standard InChI is InChI=1S/C20H22N4O/c1-13(25)14-6-8-15(9-7-14)19-17-12-16(23(2)3)10-11-18(17)21-20(22-19)24(4)5/h6-12H,1-5H3. The van der Waals surface area contributed by atoms with Gasteiger partial charge in [0.1, 0.15) is 0 Å². The molecule has 5 nitrogen and oxygen atoms in total. The van der Waals surface area contributed by atoms with Crippen LogP contribution in [0.4, 0.5) is 11.6 Å². The molecule has 0 amide bonds. The van der Waals surface area contributed by atoms with Crippen LogP contribution in [0.2, 0.25) is 0 Å². The van der Waals surface area contributed by atoms with Crippen molar-refractivity contribution in [2.75, 3.05) is 38.0 Å². The lowest BCUT2D eigenvalue weighted by Gasteiger charge is -2.17. The summed E-state index contributed by atoms with van der Waals surface area (Å²) in [6.07, 6.45) is 0. The van der Waals surface area contributed by atoms with Gasteiger partial charge in [0, 0.05) is 50.4 Å². The zero-order chi connectivity index (χ0) is 18.1. The fourth-order valence-corrected chi connectivity index (χ4v) is 2.67. The number of ketones is 1. The minimum atomic E-state index is 0.0583. The quantitative estimate of drug-likeness (QED) is 0.682. The van der Waals surface area contributed by atoms with Crippen LogP contribution in [0.5, 0.6) is 0 Å². The average Bonchev–Trinajstić information content (AvgIpc) is 2.60. The first-order chi connectivity index (χ1) is 11.9. The predicted molar refractivity (Wildman–Crippen MR) is 104 cm³/mol. The summed E-state index contributed by atoms with van der Waals surface area (Å²) in [7, 11) is 7.88. The van der Waals surface area contributed by atoms with E-state index < -0.39 is 0 Å². The molecular formula is C20H22N4O. The van der Waals surface area contributed by atoms with Crippen LogP contribution in [0.3, 0.4) is 0 Å². The number of fused-ring (bicyclic) bond motifs is 1. The molecule has 1 heterocycles. The lowest BCUT2D eigenvalue weighted by atomic mass is 10.0. The molecule has 0 atom stereocenters. The second kappa shape index (κ2) is 6.51. The van der Waals surface area contributed by atoms with Gasteiger partial charge in [0.15, 0.2) is 5.78 Å². The summed E-state index contributed by atoms with van der Waals surface area (Å²) >= 11 is 0. The summed E-state index contributed by atoms with van der Waals surface area (Å²) in [5.41, 5.74) is 4.53. The van der Waals surface area contributed by atoms with Crippen molar-refractivity contribution in [2.24, 2.45) is 0 Å². The van der Waals surface area contributed by atoms with Gasteiger partial charge in [0.25, 0.3) is 0 Å². The lowest BCUT2D eigenvalue weighted by molar-refractivity contribution is 0.101. The van der Waals surface area contributed by atoms with Crippen molar-refractivity contribution in [1.82, 2.24) is 9.97 Å². The number of carbonyl (C=O) groups is 1. The van der Waals surface area contributed by atoms with Gasteiger partial charge < -0.3 is 9.80 Å². The number of nitrogens with zero attached hydrogens (tertiary/aromatic N) is 4. The van der Waals surface area contributed by atoms with Crippen molar-refractivity contribution in [3.8, 4) is 11.3 Å². The Morgan fingerprint density at radius 2 is 1.56 bits per heavy atom. The van der Waals surface area contributed by atoms with Gasteiger partial charge in [0.05, 0.1) is 11.2 Å². The van der Waals surface area contributed by atoms with Crippen molar-refractivity contribution < 1.29 is 4.79 Å². The van der Waals surface area contributed by atoms with E-state index in [1.807, 2.05) is 63.4 Å². The largest absolute Gasteiger partial charge is 0.378 e. The molecule has 25 heavy (non-hydrogen) atoms. The van der Waals surface area contributed by atoms with E-state index in [1.54, 1.807) is 6.92 Å². The maximum absolute atomic E-state index is 11.5. The second-order valence-corrected chi connectivity index (χ2v) is 6.50. The summed E-state index contributed by atoms with van der Waals surface area (Å²) in [4.78, 5) is 24.9. The Kier molecular flexibility index (Phi) is 4.40. The van der Waals surface area contributed by atoms with Crippen LogP contribution in [0, 0.1) is 0 Å². The van der Waals surface area contributed by atoms with Crippen LogP contribution in [0.15, 0.2) is 42.5 Å². The van der Waals surface area contributed by atoms with E-state index in [1.165, 1.54) is 0 Å². The topological polar surface area (TPSA) is 49.3 Å². The molecular weight excluding hydrogens is 312 g/mol. The molecule has 3 aromatic rings. The minimum Gasteiger partial charge on any atom is -0.378 e. The Hall–Kier alpha value is -2.95. The van der Waals surface area contributed by atoms with E-state index >= 15 is 0 Å². The normalized spacial score (nSPS) is 10.8. The third-order valence-corrected chi connectivity index (χ3v) is 4.15. The predicted octanol–water partition coefficient (Wildman–Crippen LogP) is 3.63. The van der Waals surface area contributed by atoms with Crippen LogP contribution in [-0.2, 0) is 0 Å². The first-order valence-electron chi connectivity index (χ1n) is 8.14. The van der Waals surface area contributed by atoms with Gasteiger partial charge in [-0.1, -0.05) is 24.3 Å². The SMILES string of the molecule is CC(=O)c1ccc(-c2nc(N(C)C)nc3ccc(N(C)C)cc23)cc1. The molecule has 0 aliphatic rings. The fraction of sp³-hybridized carbons (Fsp3) is 0.250. The summed E-state index contributed by atoms with van der Waals surface area (Å²) in [6.45, 7) is 1.57. The van der Waals surface area contributed by atoms with Crippen molar-refractivity contribution >= 4 is 28.3 Å². The molecule has 0 spiro atoms. The van der Waals surface area contributed by atoms with Crippen LogP contribution in [-0.4, -0.2) is 43.9 Å². The average molecular weight is 334 g/mol. The van der Waals surface area contributed by atoms with Gasteiger partial charge in [-0.2, -0.15) is 0 Å². The van der Waals surface area contributed by atoms with Gasteiger partial charge >= 0.3 is 0 Å². The fourth-order valence-electron chi connectivity index (χ4n) is 2.67. The maximum Gasteiger partial charge on any atom is 0.225 e. The highest BCUT2D eigenvalue weighted by Gasteiger charge is 2.13. The Bertz CT molecular complexity index is 930. The number of aromatic nitrogens is 2. The summed E-state index contributed by atoms with van der Waals surface area (Å²) in [5.74, 6) is 0.721. The van der Waals surface area contributed by atoms with Crippen LogP contribution < -0.4 is 9.80 Å². The molecule has 3 rings (SSSR count). The molecule has 0 aliphatic heterocycles. The molecule has 0 fully saturated rings. The highest BCUT2D eigenvalue weighted by molar-refractivity contribution is 5.97. The highest BCUT2D eigenvalue weighted by atomic mass is 16.1. The molecule has 0 aliphatic carbocycles. The molecule has 5 heteroatoms. The molecule has 128 valence electrons. The Morgan fingerprint density at radius 3 is 2.12 bits per heavy atom. The first kappa shape index (κ1) is 16.9. The molecule has 1 aromatic heterocycles. The summed E-state index contributed by atoms with van der Waals surface area (Å²) in [5, 5.41) is 0.993. The van der Waals surface area contributed by atoms with Crippen molar-refractivity contribution in [2.45, 2.75) is 6.92 Å². The first-order valence-corrected chi connectivity index (χ1v) is 8.14. The second-order valence-electron chi connectivity index (χ2n) is 6.50. The molecule has 2 aromatic carbocycles. The van der Waals surface area contributed by atoms with E-state index in [0.717, 1.165) is 27.8 Å². The molecule has 0 radical (unpaired) electrons. The molecule has 0 saturated carbocycles. The van der Waals surface area contributed by atoms with Crippen LogP contribution >= 0.6 is 0 Å². The van der Waals surface area contributed by atoms with Gasteiger partial charge in [-0.05, 0) is 25.1 Å². The van der Waals surface area contributed by atoms with Crippen molar-refractivity contribution in [1.29, 1.82) is 0 Å². The van der Waals surface area contributed by atoms with Gasteiger partial charge in [-0.3, -0.25) is 4.79 Å². The van der Waals surface area contributed by atoms with E-state index in [0.29, 0.717) is 11.5 Å². The number of rotatable bonds is 4. The van der Waals surface area contributed by atoms with Crippen molar-refractivity contribution in [3.63, 3.8) is 0 Å². The van der Waals surface area contributed by atoms with E-state index in [-0.39, 0.29) is 5.78 Å². The zero-order valence-electron chi connectivity index (χ0n) is 15.2. The number of hydrogen-bond acceptors (Lipinski definition) is 5. The molecule has 0 unspecified atom stereocenters. The summed E-state index contributed by atoms with van der Waals surface area (Å²) in [6, 6.07) is 13.8. The third-order valence-electron chi connectivity index (χ3n) is 4.15. The molecule has 0 N–H and O–H groups in total. The maximum atomic E-state index is 11.5. The van der Waals surface area contributed by atoms with E-state index in [2.05, 4.69) is 22.0 Å². The lowest BCUT2D eigenvalue weighted by Crippen LogP contribution is -2.13. The van der Waals surface area contributed by atoms with Crippen LogP contribution in [0.1, 0.15) is 17.3 Å². The number of Topliss-reactive ketones (excluding diaryl/α,β-unsaturated/α-hetero) is 1. The minimum absolute atomic E-state index is 0.0583. The van der Waals surface area contributed by atoms with E-state index in [9.17, 15) is 4.79 Å². The van der Waals surface area contributed by atoms with Gasteiger partial charge in [-0.15, -0.1) is 0 Å². The van der Waals surface area contributed by atoms with Crippen LogP contribution in [0.25, 0.3) is 22.2 Å². The highest BCUT2D eigenvalue weighted by Crippen LogP contribution is 2.30. The molecule has 0 saturated heterocycles. The van der Waals surface area contributed by atoms with E-state index in [4.69, 9.17) is 4.98 Å². The Morgan fingerprint density at radius 1 is 0.880 bits per heavy atom. The van der Waals surface area contributed by atoms with Gasteiger partial charge in [0.2, 0.25) is 5.95 Å². The Labute approximate surface area is 147 Å². The number of carbonyl (C=O) groups excluding carboxylic acids is 1. The summed E-state index contributed by atoms with van der Waals surface area (Å²) < 4.78 is 0. The third kappa shape index (κ3) is 3.31. The zero-order valence-corrected chi connectivity index (χ0v) is 15.2. The smallest absolute Gasteiger partial charge is 0.225 e. The number of hydrogen-bond donors (Lipinski definition) is 0. The number of benzene rings is 2. The number of anilines is 2. The van der Waals surface area contributed by atoms with Crippen molar-refractivity contribution in [3.05, 3.63) is 48.0 Å². The monoisotopic (exact) mass is 334 g/mol. The molecule has 0 bridgehead atoms. The van der Waals surface area contributed by atoms with Gasteiger partial charge in [-0.25, -0.2) is 9.97 Å².